The van der Waals surface area contributed by atoms with Crippen LogP contribution in [0.15, 0.2) is 48.5 Å². The van der Waals surface area contributed by atoms with E-state index in [4.69, 9.17) is 11.6 Å². The molecule has 0 spiro atoms. The minimum absolute atomic E-state index is 0.0415. The molecule has 0 N–H and O–H groups in total. The highest BCUT2D eigenvalue weighted by atomic mass is 35.5. The third kappa shape index (κ3) is 3.86. The number of rotatable bonds is 3. The number of anilines is 1. The van der Waals surface area contributed by atoms with Gasteiger partial charge in [0.05, 0.1) is 21.7 Å². The number of carbonyl (C=O) groups is 1. The smallest absolute Gasteiger partial charge is 0.269 e. The van der Waals surface area contributed by atoms with E-state index in [1.54, 1.807) is 18.2 Å². The Balaban J connectivity index is 1.48. The van der Waals surface area contributed by atoms with Gasteiger partial charge in [0.1, 0.15) is 0 Å². The Kier molecular flexibility index (Phi) is 5.07. The summed E-state index contributed by atoms with van der Waals surface area (Å²) in [5.41, 5.74) is 3.08. The molecule has 3 aromatic rings. The molecule has 1 amide bonds. The van der Waals surface area contributed by atoms with Crippen molar-refractivity contribution < 1.29 is 9.72 Å². The Bertz CT molecular complexity index is 1090. The highest BCUT2D eigenvalue weighted by Gasteiger charge is 2.24. The molecule has 7 nitrogen and oxygen atoms in total. The molecule has 2 heterocycles. The van der Waals surface area contributed by atoms with E-state index in [9.17, 15) is 14.9 Å². The monoisotopic (exact) mass is 410 g/mol. The van der Waals surface area contributed by atoms with E-state index in [1.165, 1.54) is 12.1 Å². The molecular formula is C21H19ClN4O3. The quantitative estimate of drug-likeness (QED) is 0.480. The van der Waals surface area contributed by atoms with Crippen LogP contribution in [0, 0.1) is 17.0 Å². The van der Waals surface area contributed by atoms with Crippen LogP contribution in [0.2, 0.25) is 5.02 Å². The number of hydrogen-bond donors (Lipinski definition) is 0. The van der Waals surface area contributed by atoms with Crippen molar-refractivity contribution in [1.29, 1.82) is 0 Å². The molecule has 0 radical (unpaired) electrons. The summed E-state index contributed by atoms with van der Waals surface area (Å²) in [5, 5.41) is 12.3. The lowest BCUT2D eigenvalue weighted by Gasteiger charge is -2.36. The van der Waals surface area contributed by atoms with Crippen molar-refractivity contribution in [1.82, 2.24) is 9.88 Å². The maximum atomic E-state index is 13.1. The van der Waals surface area contributed by atoms with E-state index in [1.807, 2.05) is 30.0 Å². The van der Waals surface area contributed by atoms with E-state index in [0.717, 1.165) is 16.6 Å². The third-order valence-electron chi connectivity index (χ3n) is 5.19. The minimum atomic E-state index is -0.409. The average Bonchev–Trinajstić information content (AvgIpc) is 2.73. The van der Waals surface area contributed by atoms with Gasteiger partial charge in [-0.05, 0) is 43.3 Å². The first-order valence-corrected chi connectivity index (χ1v) is 9.66. The van der Waals surface area contributed by atoms with Crippen LogP contribution in [-0.4, -0.2) is 46.9 Å². The zero-order valence-corrected chi connectivity index (χ0v) is 16.6. The van der Waals surface area contributed by atoms with E-state index in [-0.39, 0.29) is 11.6 Å². The molecule has 0 aliphatic carbocycles. The Hall–Kier alpha value is -3.19. The molecule has 2 aromatic carbocycles. The topological polar surface area (TPSA) is 79.6 Å². The molecule has 29 heavy (non-hydrogen) atoms. The summed E-state index contributed by atoms with van der Waals surface area (Å²) >= 11 is 6.07. The number of amides is 1. The molecule has 8 heteroatoms. The van der Waals surface area contributed by atoms with Gasteiger partial charge in [0.2, 0.25) is 0 Å². The lowest BCUT2D eigenvalue weighted by Crippen LogP contribution is -2.49. The molecule has 1 aliphatic rings. The van der Waals surface area contributed by atoms with Crippen molar-refractivity contribution >= 4 is 39.8 Å². The van der Waals surface area contributed by atoms with Crippen molar-refractivity contribution in [2.24, 2.45) is 0 Å². The lowest BCUT2D eigenvalue weighted by molar-refractivity contribution is -0.384. The third-order valence-corrected chi connectivity index (χ3v) is 5.43. The first kappa shape index (κ1) is 19.1. The second-order valence-corrected chi connectivity index (χ2v) is 7.45. The van der Waals surface area contributed by atoms with Gasteiger partial charge in [-0.1, -0.05) is 11.6 Å². The number of non-ortho nitro benzene ring substituents is 1. The Morgan fingerprint density at radius 2 is 1.76 bits per heavy atom. The summed E-state index contributed by atoms with van der Waals surface area (Å²) in [4.78, 5) is 32.0. The number of carbonyl (C=O) groups excluding carboxylic acids is 1. The summed E-state index contributed by atoms with van der Waals surface area (Å²) in [6.07, 6.45) is 0. The summed E-state index contributed by atoms with van der Waals surface area (Å²) in [5.74, 6) is -0.0415. The normalized spacial score (nSPS) is 14.3. The number of benzene rings is 2. The molecule has 1 fully saturated rings. The number of halogens is 1. The van der Waals surface area contributed by atoms with Crippen molar-refractivity contribution in [3.8, 4) is 0 Å². The van der Waals surface area contributed by atoms with Gasteiger partial charge in [0.25, 0.3) is 11.6 Å². The largest absolute Gasteiger partial charge is 0.368 e. The zero-order valence-electron chi connectivity index (χ0n) is 15.8. The highest BCUT2D eigenvalue weighted by molar-refractivity contribution is 6.31. The molecule has 148 valence electrons. The fourth-order valence-electron chi connectivity index (χ4n) is 3.58. The van der Waals surface area contributed by atoms with Crippen molar-refractivity contribution in [2.75, 3.05) is 31.1 Å². The number of nitro groups is 1. The molecule has 1 aliphatic heterocycles. The number of hydrogen-bond acceptors (Lipinski definition) is 5. The van der Waals surface area contributed by atoms with E-state index in [2.05, 4.69) is 9.88 Å². The molecule has 1 saturated heterocycles. The van der Waals surface area contributed by atoms with Gasteiger partial charge in [0.15, 0.2) is 0 Å². The summed E-state index contributed by atoms with van der Waals surface area (Å²) in [6, 6.07) is 13.8. The van der Waals surface area contributed by atoms with E-state index >= 15 is 0 Å². The highest BCUT2D eigenvalue weighted by Crippen LogP contribution is 2.24. The van der Waals surface area contributed by atoms with Gasteiger partial charge in [-0.2, -0.15) is 0 Å². The second kappa shape index (κ2) is 7.67. The maximum Gasteiger partial charge on any atom is 0.269 e. The van der Waals surface area contributed by atoms with Crippen LogP contribution in [0.25, 0.3) is 10.9 Å². The molecule has 4 rings (SSSR count). The predicted molar refractivity (Wildman–Crippen MR) is 113 cm³/mol. The summed E-state index contributed by atoms with van der Waals surface area (Å²) in [6.45, 7) is 4.31. The maximum absolute atomic E-state index is 13.1. The standard InChI is InChI=1S/C21H19ClN4O3/c1-14-19(13-15-12-16(22)2-7-20(15)23-14)21(27)25-10-8-24(9-11-25)17-3-5-18(6-4-17)26(28)29/h2-7,12-13H,8-11H2,1H3. The molecule has 0 atom stereocenters. The molecule has 0 unspecified atom stereocenters. The first-order valence-electron chi connectivity index (χ1n) is 9.28. The summed E-state index contributed by atoms with van der Waals surface area (Å²) < 4.78 is 0. The van der Waals surface area contributed by atoms with Crippen molar-refractivity contribution in [3.63, 3.8) is 0 Å². The summed E-state index contributed by atoms with van der Waals surface area (Å²) in [7, 11) is 0. The van der Waals surface area contributed by atoms with Gasteiger partial charge in [-0.15, -0.1) is 0 Å². The number of nitro benzene ring substituents is 1. The number of aromatic nitrogens is 1. The van der Waals surface area contributed by atoms with Crippen molar-refractivity contribution in [2.45, 2.75) is 6.92 Å². The molecule has 0 saturated carbocycles. The first-order chi connectivity index (χ1) is 13.9. The van der Waals surface area contributed by atoms with Gasteiger partial charge >= 0.3 is 0 Å². The van der Waals surface area contributed by atoms with Crippen LogP contribution >= 0.6 is 11.6 Å². The fraction of sp³-hybridized carbons (Fsp3) is 0.238. The zero-order chi connectivity index (χ0) is 20.5. The van der Waals surface area contributed by atoms with Crippen LogP contribution in [0.1, 0.15) is 16.1 Å². The number of pyridine rings is 1. The van der Waals surface area contributed by atoms with Crippen LogP contribution in [0.3, 0.4) is 0 Å². The van der Waals surface area contributed by atoms with E-state index < -0.39 is 4.92 Å². The van der Waals surface area contributed by atoms with Gasteiger partial charge < -0.3 is 9.80 Å². The number of fused-ring (bicyclic) bond motifs is 1. The lowest BCUT2D eigenvalue weighted by atomic mass is 10.1. The Morgan fingerprint density at radius 1 is 1.07 bits per heavy atom. The second-order valence-electron chi connectivity index (χ2n) is 7.01. The number of piperazine rings is 1. The molecular weight excluding hydrogens is 392 g/mol. The van der Waals surface area contributed by atoms with Crippen LogP contribution < -0.4 is 4.90 Å². The van der Waals surface area contributed by atoms with Crippen LogP contribution in [-0.2, 0) is 0 Å². The molecule has 1 aromatic heterocycles. The predicted octanol–water partition coefficient (Wildman–Crippen LogP) is 4.07. The van der Waals surface area contributed by atoms with Crippen molar-refractivity contribution in [3.05, 3.63) is 74.9 Å². The van der Waals surface area contributed by atoms with Crippen LogP contribution in [0.5, 0.6) is 0 Å². The number of nitrogens with zero attached hydrogens (tertiary/aromatic N) is 4. The fourth-order valence-corrected chi connectivity index (χ4v) is 3.76. The van der Waals surface area contributed by atoms with Gasteiger partial charge in [-0.3, -0.25) is 19.9 Å². The average molecular weight is 411 g/mol. The Labute approximate surface area is 172 Å². The van der Waals surface area contributed by atoms with E-state index in [0.29, 0.717) is 42.5 Å². The molecule has 0 bridgehead atoms. The Morgan fingerprint density at radius 3 is 2.41 bits per heavy atom. The minimum Gasteiger partial charge on any atom is -0.368 e. The van der Waals surface area contributed by atoms with Crippen LogP contribution in [0.4, 0.5) is 11.4 Å². The number of aryl methyl sites for hydroxylation is 1. The SMILES string of the molecule is Cc1nc2ccc(Cl)cc2cc1C(=O)N1CCN(c2ccc([N+](=O)[O-])cc2)CC1. The van der Waals surface area contributed by atoms with Gasteiger partial charge in [0, 0.05) is 54.4 Å². The van der Waals surface area contributed by atoms with Gasteiger partial charge in [-0.25, -0.2) is 0 Å².